The minimum atomic E-state index is -0.771. The first kappa shape index (κ1) is 86.8. The van der Waals surface area contributed by atoms with Crippen molar-refractivity contribution >= 4 is 47.3 Å². The van der Waals surface area contributed by atoms with Gasteiger partial charge in [0.15, 0.2) is 0 Å². The highest BCUT2D eigenvalue weighted by molar-refractivity contribution is 5.83. The topological polar surface area (TPSA) is 271 Å². The molecule has 98 heavy (non-hydrogen) atoms. The van der Waals surface area contributed by atoms with Gasteiger partial charge >= 0.3 is 24.2 Å². The number of benzene rings is 4. The van der Waals surface area contributed by atoms with Crippen molar-refractivity contribution in [1.29, 1.82) is 0 Å². The number of amides is 1. The number of fused-ring (bicyclic) bond motifs is 1. The fourth-order valence-electron chi connectivity index (χ4n) is 12.7. The first-order chi connectivity index (χ1) is 45.8. The lowest BCUT2D eigenvalue weighted by Gasteiger charge is -2.32. The van der Waals surface area contributed by atoms with Crippen LogP contribution in [0.4, 0.5) is 9.59 Å². The van der Waals surface area contributed by atoms with Crippen molar-refractivity contribution < 1.29 is 76.3 Å². The number of carbonyl (C=O) groups is 8. The van der Waals surface area contributed by atoms with Crippen LogP contribution in [0.15, 0.2) is 48.5 Å². The normalized spacial score (nSPS) is 12.8. The van der Waals surface area contributed by atoms with Gasteiger partial charge in [0.1, 0.15) is 58.8 Å². The number of aryl methyl sites for hydroxylation is 7. The third kappa shape index (κ3) is 29.7. The van der Waals surface area contributed by atoms with E-state index in [9.17, 15) is 38.4 Å². The molecule has 0 fully saturated rings. The maximum Gasteiger partial charge on any atom is 0.513 e. The van der Waals surface area contributed by atoms with E-state index in [1.54, 1.807) is 47.9 Å². The van der Waals surface area contributed by atoms with Crippen LogP contribution in [0.25, 0.3) is 0 Å². The van der Waals surface area contributed by atoms with Crippen LogP contribution in [0, 0.1) is 48.5 Å². The van der Waals surface area contributed by atoms with Gasteiger partial charge in [0, 0.05) is 102 Å². The summed E-state index contributed by atoms with van der Waals surface area (Å²) in [5.74, 6) is 2.11. The maximum atomic E-state index is 12.3. The number of likely N-dealkylation sites (N-methyl/N-ethyl adjacent to an activating group) is 3. The Labute approximate surface area is 584 Å². The molecule has 0 bridgehead atoms. The highest BCUT2D eigenvalue weighted by atomic mass is 16.7. The van der Waals surface area contributed by atoms with Crippen LogP contribution in [-0.4, -0.2) is 154 Å². The summed E-state index contributed by atoms with van der Waals surface area (Å²) >= 11 is 0. The van der Waals surface area contributed by atoms with Crippen molar-refractivity contribution in [2.45, 2.75) is 198 Å². The van der Waals surface area contributed by atoms with E-state index in [1.807, 2.05) is 160 Å². The zero-order valence-electron chi connectivity index (χ0n) is 63.2. The lowest BCUT2D eigenvalue weighted by Crippen LogP contribution is -2.42. The molecule has 5 N–H and O–H groups in total. The van der Waals surface area contributed by atoms with Crippen molar-refractivity contribution in [3.8, 4) is 23.0 Å². The van der Waals surface area contributed by atoms with E-state index < -0.39 is 23.1 Å². The summed E-state index contributed by atoms with van der Waals surface area (Å²) in [4.78, 5) is 94.8. The number of esters is 2. The zero-order chi connectivity index (χ0) is 74.3. The number of ether oxygens (including phenoxy) is 8. The summed E-state index contributed by atoms with van der Waals surface area (Å²) in [6.45, 7) is 41.5. The molecule has 4 aromatic carbocycles. The summed E-state index contributed by atoms with van der Waals surface area (Å²) in [5, 5.41) is 14.6. The van der Waals surface area contributed by atoms with Crippen LogP contribution in [0.3, 0.4) is 0 Å². The third-order valence-corrected chi connectivity index (χ3v) is 16.1. The fraction of sp³-hybridized carbons (Fsp3) is 0.584. The zero-order valence-corrected chi connectivity index (χ0v) is 63.2. The van der Waals surface area contributed by atoms with Crippen LogP contribution in [0.2, 0.25) is 0 Å². The molecule has 5 rings (SSSR count). The summed E-state index contributed by atoms with van der Waals surface area (Å²) in [5.41, 5.74) is 10.00. The van der Waals surface area contributed by atoms with Gasteiger partial charge in [0.05, 0.1) is 46.1 Å². The first-order valence-corrected chi connectivity index (χ1v) is 33.8. The summed E-state index contributed by atoms with van der Waals surface area (Å²) in [6.07, 6.45) is 1.21. The molecule has 21 nitrogen and oxygen atoms in total. The smallest absolute Gasteiger partial charge is 0.432 e. The minimum Gasteiger partial charge on any atom is -0.432 e. The Balaban J connectivity index is 0.000000448. The number of rotatable bonds is 34. The number of carbonyl (C=O) groups excluding carboxylic acids is 8. The van der Waals surface area contributed by atoms with E-state index in [-0.39, 0.29) is 58.6 Å². The van der Waals surface area contributed by atoms with E-state index in [1.165, 1.54) is 0 Å². The summed E-state index contributed by atoms with van der Waals surface area (Å²) in [6, 6.07) is 15.4. The van der Waals surface area contributed by atoms with E-state index in [0.29, 0.717) is 114 Å². The Morgan fingerprint density at radius 2 is 0.878 bits per heavy atom. The number of Topliss-reactive ketones (excluding diaryl/α,β-unsaturated/α-hetero) is 4. The highest BCUT2D eigenvalue weighted by Crippen LogP contribution is 2.43. The van der Waals surface area contributed by atoms with Gasteiger partial charge in [-0.25, -0.2) is 14.4 Å². The number of hydrogen-bond donors (Lipinski definition) is 5. The Hall–Kier alpha value is -7.24. The molecule has 0 saturated carbocycles. The van der Waals surface area contributed by atoms with E-state index in [0.717, 1.165) is 79.9 Å². The Morgan fingerprint density at radius 3 is 1.34 bits per heavy atom. The quantitative estimate of drug-likeness (QED) is 0.0126. The predicted molar refractivity (Wildman–Crippen MR) is 385 cm³/mol. The van der Waals surface area contributed by atoms with Crippen LogP contribution < -0.4 is 45.5 Å². The molecular formula is C77H117N5O16. The number of nitrogens with one attached hydrogen (secondary N) is 5. The second-order valence-corrected chi connectivity index (χ2v) is 28.0. The van der Waals surface area contributed by atoms with E-state index >= 15 is 0 Å². The lowest BCUT2D eigenvalue weighted by molar-refractivity contribution is -0.138. The number of ketones is 4. The molecule has 0 spiro atoms. The van der Waals surface area contributed by atoms with Crippen LogP contribution in [0.5, 0.6) is 23.0 Å². The molecule has 0 aliphatic carbocycles. The molecule has 0 saturated heterocycles. The highest BCUT2D eigenvalue weighted by Gasteiger charge is 2.36. The molecule has 1 aliphatic heterocycles. The molecule has 1 amide bonds. The average Bonchev–Trinajstić information content (AvgIpc) is 0.785. The standard InChI is InChI=1S/C22H36N2O5.C20H31NO5.C18H27NO3.C17H23NO3/c1-16-13-17(2)20(22(4,5)15-18(3)25)19(14-16)29-21(26)24-8-10-28-12-11-27-9-7-23-6;1-14-11-15(2)18(20(4,5)13-16(3)22)17(12-14)26-19(23)25-10-9-24-8-7-21-6;1-12-7-8-13(2)17(22-15(21)9-10-19-6)16(12)18(4,5)11-14(3)20;1-10-6-7-12-8-13(18-5)16(20)21-15(12)14(10)17(3,4)9-11(2)19/h13-14,23H,7-12,15H2,1-6H3,(H,24,26);11-12,21H,7-10,13H2,1-6H3;7-8,19H,9-11H2,1-6H3;6-7,13,18H,8-9H2,1-5H3. The summed E-state index contributed by atoms with van der Waals surface area (Å²) in [7, 11) is 7.26. The predicted octanol–water partition coefficient (Wildman–Crippen LogP) is 11.6. The van der Waals surface area contributed by atoms with Crippen LogP contribution in [-0.2, 0) is 75.8 Å². The van der Waals surface area contributed by atoms with Crippen molar-refractivity contribution in [3.63, 3.8) is 0 Å². The van der Waals surface area contributed by atoms with Gasteiger partial charge in [-0.2, -0.15) is 0 Å². The van der Waals surface area contributed by atoms with Crippen LogP contribution >= 0.6 is 0 Å². The molecular weight excluding hydrogens is 1250 g/mol. The Kier molecular flexibility index (Phi) is 37.2. The van der Waals surface area contributed by atoms with Crippen molar-refractivity contribution in [2.75, 3.05) is 101 Å². The Bertz CT molecular complexity index is 3310. The average molecular weight is 1370 g/mol. The SMILES string of the molecule is CNC1Cc2ccc(C)c(C(C)(C)CC(C)=O)c2OC1=O.CNCCC(=O)Oc1c(C)ccc(C)c1C(C)(C)CC(C)=O.CNCCOCCOC(=O)Oc1cc(C)cc(C)c1C(C)(C)CC(C)=O.CNCCOCCOCCNC(=O)Oc1cc(C)cc(C)c1C(C)(C)CC(C)=O. The maximum absolute atomic E-state index is 12.3. The molecule has 0 aromatic heterocycles. The van der Waals surface area contributed by atoms with Crippen molar-refractivity contribution in [3.05, 3.63) is 115 Å². The van der Waals surface area contributed by atoms with Gasteiger partial charge in [0.2, 0.25) is 0 Å². The first-order valence-electron chi connectivity index (χ1n) is 33.8. The summed E-state index contributed by atoms with van der Waals surface area (Å²) < 4.78 is 43.5. The molecule has 1 unspecified atom stereocenters. The second-order valence-electron chi connectivity index (χ2n) is 28.0. The molecule has 0 radical (unpaired) electrons. The monoisotopic (exact) mass is 1370 g/mol. The molecule has 1 heterocycles. The van der Waals surface area contributed by atoms with Gasteiger partial charge in [0.25, 0.3) is 0 Å². The molecule has 4 aromatic rings. The second kappa shape index (κ2) is 42.0. The third-order valence-electron chi connectivity index (χ3n) is 16.1. The van der Waals surface area contributed by atoms with E-state index in [2.05, 4.69) is 26.6 Å². The van der Waals surface area contributed by atoms with Crippen LogP contribution in [0.1, 0.15) is 182 Å². The largest absolute Gasteiger partial charge is 0.513 e. The molecule has 21 heteroatoms. The molecule has 1 atom stereocenters. The Morgan fingerprint density at radius 1 is 0.469 bits per heavy atom. The fourth-order valence-corrected chi connectivity index (χ4v) is 12.7. The molecule has 1 aliphatic rings. The van der Waals surface area contributed by atoms with Gasteiger partial charge < -0.3 is 64.5 Å². The molecule has 546 valence electrons. The van der Waals surface area contributed by atoms with Gasteiger partial charge in [-0.05, 0) is 161 Å². The minimum absolute atomic E-state index is 0.0854. The van der Waals surface area contributed by atoms with Gasteiger partial charge in [-0.3, -0.25) is 24.0 Å². The van der Waals surface area contributed by atoms with Gasteiger partial charge in [-0.15, -0.1) is 0 Å². The number of hydrogen-bond acceptors (Lipinski definition) is 20. The van der Waals surface area contributed by atoms with E-state index in [4.69, 9.17) is 37.9 Å². The van der Waals surface area contributed by atoms with Crippen molar-refractivity contribution in [2.24, 2.45) is 0 Å². The van der Waals surface area contributed by atoms with Gasteiger partial charge in [-0.1, -0.05) is 91.8 Å². The van der Waals surface area contributed by atoms with Crippen molar-refractivity contribution in [1.82, 2.24) is 26.6 Å². The lowest BCUT2D eigenvalue weighted by atomic mass is 9.76.